The highest BCUT2D eigenvalue weighted by Gasteiger charge is 2.34. The molecule has 0 saturated carbocycles. The van der Waals surface area contributed by atoms with Gasteiger partial charge in [-0.2, -0.15) is 0 Å². The molecule has 0 fully saturated rings. The Bertz CT molecular complexity index is 209. The van der Waals surface area contributed by atoms with Crippen LogP contribution in [0.2, 0.25) is 0 Å². The van der Waals surface area contributed by atoms with Gasteiger partial charge in [-0.25, -0.2) is 0 Å². The molecule has 0 radical (unpaired) electrons. The van der Waals surface area contributed by atoms with Crippen LogP contribution in [-0.4, -0.2) is 39.5 Å². The summed E-state index contributed by atoms with van der Waals surface area (Å²) in [7, 11) is 2.27. The number of carbonyl (C=O) groups excluding carboxylic acids is 2. The van der Waals surface area contributed by atoms with Crippen LogP contribution in [0.1, 0.15) is 12.8 Å². The summed E-state index contributed by atoms with van der Waals surface area (Å²) in [4.78, 5) is 22.6. The maximum Gasteiger partial charge on any atom is 0.309 e. The number of rotatable bonds is 7. The lowest BCUT2D eigenvalue weighted by molar-refractivity contribution is -0.158. The summed E-state index contributed by atoms with van der Waals surface area (Å²) in [5.41, 5.74) is 0. The van der Waals surface area contributed by atoms with E-state index in [2.05, 4.69) is 9.47 Å². The molecule has 0 rings (SSSR count). The van der Waals surface area contributed by atoms with Gasteiger partial charge in [-0.3, -0.25) is 18.4 Å². The third kappa shape index (κ3) is 4.12. The molecule has 0 amide bonds. The molecule has 0 aromatic rings. The first kappa shape index (κ1) is 14.8. The van der Waals surface area contributed by atoms with Crippen LogP contribution in [0, 0.1) is 11.8 Å². The maximum atomic E-state index is 12.3. The summed E-state index contributed by atoms with van der Waals surface area (Å²) in [5.74, 6) is -3.42. The van der Waals surface area contributed by atoms with Gasteiger partial charge >= 0.3 is 11.9 Å². The van der Waals surface area contributed by atoms with Crippen LogP contribution in [0.5, 0.6) is 0 Å². The van der Waals surface area contributed by atoms with Gasteiger partial charge in [0.2, 0.25) is 0 Å². The van der Waals surface area contributed by atoms with E-state index in [1.165, 1.54) is 0 Å². The molecule has 0 spiro atoms. The van der Waals surface area contributed by atoms with E-state index in [9.17, 15) is 18.4 Å². The van der Waals surface area contributed by atoms with Crippen LogP contribution in [0.3, 0.4) is 0 Å². The Kier molecular flexibility index (Phi) is 7.41. The third-order valence-corrected chi connectivity index (χ3v) is 2.33. The van der Waals surface area contributed by atoms with Crippen LogP contribution in [0.15, 0.2) is 0 Å². The van der Waals surface area contributed by atoms with Crippen molar-refractivity contribution < 1.29 is 27.8 Å². The number of halogens is 2. The summed E-state index contributed by atoms with van der Waals surface area (Å²) in [6, 6.07) is 0. The molecule has 6 heteroatoms. The molecule has 0 N–H and O–H groups in total. The zero-order valence-electron chi connectivity index (χ0n) is 9.37. The minimum absolute atomic E-state index is 0.174. The lowest BCUT2D eigenvalue weighted by Crippen LogP contribution is -2.32. The van der Waals surface area contributed by atoms with Crippen molar-refractivity contribution in [2.24, 2.45) is 11.8 Å². The minimum atomic E-state index is -0.988. The number of esters is 2. The molecule has 94 valence electrons. The van der Waals surface area contributed by atoms with Gasteiger partial charge in [0, 0.05) is 0 Å². The zero-order valence-corrected chi connectivity index (χ0v) is 9.37. The molecular weight excluding hydrogens is 222 g/mol. The van der Waals surface area contributed by atoms with Gasteiger partial charge in [-0.05, 0) is 12.8 Å². The average molecular weight is 238 g/mol. The minimum Gasteiger partial charge on any atom is -0.469 e. The first-order chi connectivity index (χ1) is 7.62. The summed E-state index contributed by atoms with van der Waals surface area (Å²) >= 11 is 0. The first-order valence-corrected chi connectivity index (χ1v) is 4.89. The third-order valence-electron chi connectivity index (χ3n) is 2.33. The highest BCUT2D eigenvalue weighted by molar-refractivity contribution is 5.82. The first-order valence-electron chi connectivity index (χ1n) is 4.89. The van der Waals surface area contributed by atoms with Crippen molar-refractivity contribution in [2.75, 3.05) is 27.6 Å². The van der Waals surface area contributed by atoms with E-state index >= 15 is 0 Å². The van der Waals surface area contributed by atoms with Crippen LogP contribution in [-0.2, 0) is 19.1 Å². The van der Waals surface area contributed by atoms with Gasteiger partial charge in [0.25, 0.3) is 0 Å². The Balaban J connectivity index is 4.77. The maximum absolute atomic E-state index is 12.3. The molecule has 2 unspecified atom stereocenters. The van der Waals surface area contributed by atoms with Gasteiger partial charge in [0.15, 0.2) is 0 Å². The Morgan fingerprint density at radius 3 is 1.44 bits per heavy atom. The summed E-state index contributed by atoms with van der Waals surface area (Å²) in [6.45, 7) is -1.56. The molecule has 0 aliphatic rings. The van der Waals surface area contributed by atoms with Crippen molar-refractivity contribution >= 4 is 11.9 Å². The number of carbonyl (C=O) groups is 2. The van der Waals surface area contributed by atoms with Crippen molar-refractivity contribution in [1.29, 1.82) is 0 Å². The Labute approximate surface area is 92.9 Å². The van der Waals surface area contributed by atoms with Gasteiger partial charge in [-0.15, -0.1) is 0 Å². The molecule has 16 heavy (non-hydrogen) atoms. The smallest absolute Gasteiger partial charge is 0.309 e. The summed E-state index contributed by atoms with van der Waals surface area (Å²) in [6.07, 6.45) is -0.348. The molecule has 0 bridgehead atoms. The number of ether oxygens (including phenoxy) is 2. The molecule has 0 aliphatic heterocycles. The average Bonchev–Trinajstić information content (AvgIpc) is 2.31. The van der Waals surface area contributed by atoms with Crippen molar-refractivity contribution in [3.8, 4) is 0 Å². The summed E-state index contributed by atoms with van der Waals surface area (Å²) in [5, 5.41) is 0. The Hall–Kier alpha value is -1.20. The largest absolute Gasteiger partial charge is 0.469 e. The van der Waals surface area contributed by atoms with E-state index in [4.69, 9.17) is 0 Å². The normalized spacial score (nSPS) is 14.0. The number of alkyl halides is 2. The van der Waals surface area contributed by atoms with E-state index in [0.29, 0.717) is 0 Å². The Morgan fingerprint density at radius 1 is 0.938 bits per heavy atom. The zero-order chi connectivity index (χ0) is 12.6. The standard InChI is InChI=1S/C10H16F2O4/c1-15-9(13)7(3-5-11)8(4-6-12)10(14)16-2/h7-8H,3-6H2,1-2H3. The highest BCUT2D eigenvalue weighted by atomic mass is 19.1. The van der Waals surface area contributed by atoms with Crippen LogP contribution in [0.25, 0.3) is 0 Å². The fourth-order valence-corrected chi connectivity index (χ4v) is 1.50. The number of hydrogen-bond donors (Lipinski definition) is 0. The van der Waals surface area contributed by atoms with E-state index in [1.807, 2.05) is 0 Å². The molecule has 2 atom stereocenters. The quantitative estimate of drug-likeness (QED) is 0.627. The number of methoxy groups -OCH3 is 2. The topological polar surface area (TPSA) is 52.6 Å². The highest BCUT2D eigenvalue weighted by Crippen LogP contribution is 2.23. The molecule has 0 aromatic carbocycles. The van der Waals surface area contributed by atoms with Gasteiger partial charge in [0.1, 0.15) is 0 Å². The monoisotopic (exact) mass is 238 g/mol. The summed E-state index contributed by atoms with van der Waals surface area (Å²) < 4.78 is 33.4. The van der Waals surface area contributed by atoms with E-state index < -0.39 is 37.1 Å². The Morgan fingerprint density at radius 2 is 1.25 bits per heavy atom. The van der Waals surface area contributed by atoms with Gasteiger partial charge in [0.05, 0.1) is 39.4 Å². The molecular formula is C10H16F2O4. The lowest BCUT2D eigenvalue weighted by atomic mass is 9.87. The lowest BCUT2D eigenvalue weighted by Gasteiger charge is -2.21. The second-order valence-electron chi connectivity index (χ2n) is 3.21. The fraction of sp³-hybridized carbons (Fsp3) is 0.800. The number of hydrogen-bond acceptors (Lipinski definition) is 4. The van der Waals surface area contributed by atoms with Crippen molar-refractivity contribution in [1.82, 2.24) is 0 Å². The molecule has 0 saturated heterocycles. The second-order valence-corrected chi connectivity index (χ2v) is 3.21. The van der Waals surface area contributed by atoms with Crippen LogP contribution < -0.4 is 0 Å². The molecule has 4 nitrogen and oxygen atoms in total. The van der Waals surface area contributed by atoms with Crippen LogP contribution >= 0.6 is 0 Å². The van der Waals surface area contributed by atoms with Crippen molar-refractivity contribution in [2.45, 2.75) is 12.8 Å². The fourth-order valence-electron chi connectivity index (χ4n) is 1.50. The SMILES string of the molecule is COC(=O)C(CCF)C(CCF)C(=O)OC. The molecule has 0 aliphatic carbocycles. The molecule has 0 heterocycles. The van der Waals surface area contributed by atoms with Gasteiger partial charge in [-0.1, -0.05) is 0 Å². The van der Waals surface area contributed by atoms with Gasteiger partial charge < -0.3 is 9.47 Å². The predicted molar refractivity (Wildman–Crippen MR) is 52.2 cm³/mol. The predicted octanol–water partition coefficient (Wildman–Crippen LogP) is 1.28. The molecule has 0 aromatic heterocycles. The second kappa shape index (κ2) is 8.01. The van der Waals surface area contributed by atoms with Crippen LogP contribution in [0.4, 0.5) is 8.78 Å². The van der Waals surface area contributed by atoms with E-state index in [0.717, 1.165) is 14.2 Å². The van der Waals surface area contributed by atoms with Crippen molar-refractivity contribution in [3.05, 3.63) is 0 Å². The van der Waals surface area contributed by atoms with E-state index in [1.54, 1.807) is 0 Å². The van der Waals surface area contributed by atoms with E-state index in [-0.39, 0.29) is 12.8 Å². The van der Waals surface area contributed by atoms with Crippen molar-refractivity contribution in [3.63, 3.8) is 0 Å².